The number of aromatic carboxylic acids is 1. The highest BCUT2D eigenvalue weighted by molar-refractivity contribution is 6.07. The Bertz CT molecular complexity index is 830. The van der Waals surface area contributed by atoms with Gasteiger partial charge in [0, 0.05) is 5.39 Å². The smallest absolute Gasteiger partial charge is 0.345 e. The highest BCUT2D eigenvalue weighted by atomic mass is 16.4. The second kappa shape index (κ2) is 3.70. The Morgan fingerprint density at radius 3 is 2.61 bits per heavy atom. The highest BCUT2D eigenvalue weighted by Gasteiger charge is 2.08. The van der Waals surface area contributed by atoms with Crippen molar-refractivity contribution < 1.29 is 14.3 Å². The normalized spacial score (nSPS) is 10.9. The van der Waals surface area contributed by atoms with E-state index in [0.29, 0.717) is 11.0 Å². The molecule has 88 valence electrons. The molecule has 0 unspecified atom stereocenters. The molecular weight excluding hydrogens is 232 g/mol. The van der Waals surface area contributed by atoms with Crippen molar-refractivity contribution in [2.45, 2.75) is 0 Å². The lowest BCUT2D eigenvalue weighted by Gasteiger charge is -2.05. The molecule has 1 heterocycles. The van der Waals surface area contributed by atoms with E-state index in [1.54, 1.807) is 6.07 Å². The van der Waals surface area contributed by atoms with Crippen LogP contribution >= 0.6 is 0 Å². The van der Waals surface area contributed by atoms with Crippen molar-refractivity contribution in [3.8, 4) is 0 Å². The molecule has 0 amide bonds. The molecule has 3 rings (SSSR count). The monoisotopic (exact) mass is 239 g/mol. The first kappa shape index (κ1) is 10.5. The summed E-state index contributed by atoms with van der Waals surface area (Å²) in [7, 11) is 0. The minimum atomic E-state index is -1.53. The van der Waals surface area contributed by atoms with Gasteiger partial charge in [-0.05, 0) is 22.9 Å². The van der Waals surface area contributed by atoms with Crippen LogP contribution in [0.5, 0.6) is 0 Å². The van der Waals surface area contributed by atoms with Crippen molar-refractivity contribution in [1.29, 1.82) is 0 Å². The Hall–Kier alpha value is -2.62. The molecule has 0 N–H and O–H groups in total. The minimum Gasteiger partial charge on any atom is -0.545 e. The van der Waals surface area contributed by atoms with Crippen LogP contribution in [0.4, 0.5) is 0 Å². The van der Waals surface area contributed by atoms with E-state index in [9.17, 15) is 14.7 Å². The molecule has 0 radical (unpaired) electrons. The largest absolute Gasteiger partial charge is 0.545 e. The van der Waals surface area contributed by atoms with Gasteiger partial charge in [0.2, 0.25) is 0 Å². The third-order valence-corrected chi connectivity index (χ3v) is 2.86. The first-order valence-electron chi connectivity index (χ1n) is 5.34. The topological polar surface area (TPSA) is 70.3 Å². The quantitative estimate of drug-likeness (QED) is 0.474. The molecule has 0 spiro atoms. The number of hydrogen-bond acceptors (Lipinski definition) is 4. The minimum absolute atomic E-state index is 0.365. The summed E-state index contributed by atoms with van der Waals surface area (Å²) in [5.74, 6) is -1.53. The van der Waals surface area contributed by atoms with Crippen molar-refractivity contribution >= 4 is 27.7 Å². The van der Waals surface area contributed by atoms with Gasteiger partial charge in [0.15, 0.2) is 0 Å². The Morgan fingerprint density at radius 2 is 1.83 bits per heavy atom. The SMILES string of the molecule is O=C([O-])c1cc2c(ccc3ccccc32)oc1=O. The Labute approximate surface area is 101 Å². The summed E-state index contributed by atoms with van der Waals surface area (Å²) < 4.78 is 4.99. The molecule has 0 aliphatic rings. The molecule has 0 saturated carbocycles. The molecule has 2 aromatic carbocycles. The van der Waals surface area contributed by atoms with Gasteiger partial charge in [-0.2, -0.15) is 0 Å². The first-order chi connectivity index (χ1) is 8.66. The van der Waals surface area contributed by atoms with E-state index >= 15 is 0 Å². The summed E-state index contributed by atoms with van der Waals surface area (Å²) in [6, 6.07) is 12.2. The van der Waals surface area contributed by atoms with E-state index in [1.807, 2.05) is 30.3 Å². The van der Waals surface area contributed by atoms with Crippen LogP contribution in [0, 0.1) is 0 Å². The van der Waals surface area contributed by atoms with Gasteiger partial charge in [-0.15, -0.1) is 0 Å². The molecule has 3 aromatic rings. The second-order valence-electron chi connectivity index (χ2n) is 3.93. The van der Waals surface area contributed by atoms with Gasteiger partial charge >= 0.3 is 5.63 Å². The zero-order chi connectivity index (χ0) is 12.7. The van der Waals surface area contributed by atoms with Gasteiger partial charge in [0.05, 0.1) is 11.5 Å². The van der Waals surface area contributed by atoms with Crippen molar-refractivity contribution in [2.24, 2.45) is 0 Å². The number of hydrogen-bond donors (Lipinski definition) is 0. The zero-order valence-electron chi connectivity index (χ0n) is 9.17. The van der Waals surface area contributed by atoms with Gasteiger partial charge in [-0.1, -0.05) is 30.3 Å². The fraction of sp³-hybridized carbons (Fsp3) is 0. The van der Waals surface area contributed by atoms with Crippen LogP contribution in [0.25, 0.3) is 21.7 Å². The third kappa shape index (κ3) is 1.47. The van der Waals surface area contributed by atoms with E-state index in [0.717, 1.165) is 10.8 Å². The fourth-order valence-corrected chi connectivity index (χ4v) is 2.01. The predicted molar refractivity (Wildman–Crippen MR) is 64.3 cm³/mol. The summed E-state index contributed by atoms with van der Waals surface area (Å²) in [4.78, 5) is 22.3. The fourth-order valence-electron chi connectivity index (χ4n) is 2.01. The van der Waals surface area contributed by atoms with Gasteiger partial charge in [-0.3, -0.25) is 0 Å². The van der Waals surface area contributed by atoms with Gasteiger partial charge < -0.3 is 14.3 Å². The van der Waals surface area contributed by atoms with Crippen LogP contribution in [-0.2, 0) is 0 Å². The van der Waals surface area contributed by atoms with Gasteiger partial charge in [0.1, 0.15) is 5.58 Å². The molecule has 0 fully saturated rings. The maximum atomic E-state index is 11.4. The van der Waals surface area contributed by atoms with Crippen molar-refractivity contribution in [3.05, 3.63) is 58.4 Å². The van der Waals surface area contributed by atoms with Crippen LogP contribution < -0.4 is 10.7 Å². The lowest BCUT2D eigenvalue weighted by molar-refractivity contribution is -0.255. The summed E-state index contributed by atoms with van der Waals surface area (Å²) >= 11 is 0. The van der Waals surface area contributed by atoms with Crippen LogP contribution in [0.15, 0.2) is 51.7 Å². The Balaban J connectivity index is 2.53. The molecule has 0 atom stereocenters. The van der Waals surface area contributed by atoms with Crippen LogP contribution in [-0.4, -0.2) is 5.97 Å². The van der Waals surface area contributed by atoms with E-state index < -0.39 is 17.2 Å². The molecule has 4 heteroatoms. The van der Waals surface area contributed by atoms with Crippen LogP contribution in [0.2, 0.25) is 0 Å². The maximum Gasteiger partial charge on any atom is 0.345 e. The number of carbonyl (C=O) groups excluding carboxylic acids is 1. The van der Waals surface area contributed by atoms with E-state index in [2.05, 4.69) is 0 Å². The Morgan fingerprint density at radius 1 is 1.06 bits per heavy atom. The lowest BCUT2D eigenvalue weighted by Crippen LogP contribution is -2.28. The number of carboxylic acid groups (broad SMARTS) is 1. The molecular formula is C14H7O4-. The number of carbonyl (C=O) groups is 1. The summed E-state index contributed by atoms with van der Waals surface area (Å²) in [6.45, 7) is 0. The number of carboxylic acids is 1. The molecule has 0 saturated heterocycles. The summed E-state index contributed by atoms with van der Waals surface area (Å²) in [5, 5.41) is 13.2. The summed E-state index contributed by atoms with van der Waals surface area (Å²) in [5.41, 5.74) is -0.986. The van der Waals surface area contributed by atoms with Gasteiger partial charge in [-0.25, -0.2) is 4.79 Å². The van der Waals surface area contributed by atoms with E-state index in [1.165, 1.54) is 6.07 Å². The van der Waals surface area contributed by atoms with Crippen molar-refractivity contribution in [1.82, 2.24) is 0 Å². The first-order valence-corrected chi connectivity index (χ1v) is 5.34. The molecule has 18 heavy (non-hydrogen) atoms. The molecule has 4 nitrogen and oxygen atoms in total. The van der Waals surface area contributed by atoms with Crippen LogP contribution in [0.1, 0.15) is 10.4 Å². The average molecular weight is 239 g/mol. The highest BCUT2D eigenvalue weighted by Crippen LogP contribution is 2.24. The van der Waals surface area contributed by atoms with Crippen molar-refractivity contribution in [2.75, 3.05) is 0 Å². The van der Waals surface area contributed by atoms with Crippen LogP contribution in [0.3, 0.4) is 0 Å². The standard InChI is InChI=1S/C14H8O4/c15-13(16)11-7-10-9-4-2-1-3-8(9)5-6-12(10)18-14(11)17/h1-7H,(H,15,16)/p-1. The lowest BCUT2D eigenvalue weighted by atomic mass is 10.0. The zero-order valence-corrected chi connectivity index (χ0v) is 9.17. The summed E-state index contributed by atoms with van der Waals surface area (Å²) in [6.07, 6.45) is 0. The average Bonchev–Trinajstić information content (AvgIpc) is 2.37. The molecule has 0 aliphatic carbocycles. The molecule has 0 aliphatic heterocycles. The predicted octanol–water partition coefficient (Wildman–Crippen LogP) is 1.31. The third-order valence-electron chi connectivity index (χ3n) is 2.86. The Kier molecular flexibility index (Phi) is 2.16. The number of benzene rings is 2. The molecule has 1 aromatic heterocycles. The van der Waals surface area contributed by atoms with Gasteiger partial charge in [0.25, 0.3) is 0 Å². The maximum absolute atomic E-state index is 11.4. The number of rotatable bonds is 1. The molecule has 0 bridgehead atoms. The number of fused-ring (bicyclic) bond motifs is 3. The second-order valence-corrected chi connectivity index (χ2v) is 3.93. The van der Waals surface area contributed by atoms with E-state index in [-0.39, 0.29) is 0 Å². The van der Waals surface area contributed by atoms with Crippen molar-refractivity contribution in [3.63, 3.8) is 0 Å². The van der Waals surface area contributed by atoms with E-state index in [4.69, 9.17) is 4.42 Å².